The zero-order valence-electron chi connectivity index (χ0n) is 52.1. The normalized spacial score (nSPS) is 12.7. The molecule has 0 saturated carbocycles. The highest BCUT2D eigenvalue weighted by molar-refractivity contribution is 5.71. The van der Waals surface area contributed by atoms with Crippen molar-refractivity contribution < 1.29 is 28.6 Å². The Hall–Kier alpha value is -3.67. The minimum atomic E-state index is -0.778. The molecular weight excluding hydrogens is 973 g/mol. The van der Waals surface area contributed by atoms with Crippen LogP contribution in [0.25, 0.3) is 0 Å². The van der Waals surface area contributed by atoms with E-state index in [0.717, 1.165) is 109 Å². The molecule has 1 unspecified atom stereocenters. The molecular formula is C73H126O6. The molecule has 0 bridgehead atoms. The van der Waals surface area contributed by atoms with Gasteiger partial charge in [0.1, 0.15) is 13.2 Å². The highest BCUT2D eigenvalue weighted by Crippen LogP contribution is 2.17. The maximum atomic E-state index is 12.9. The summed E-state index contributed by atoms with van der Waals surface area (Å²) in [4.78, 5) is 38.2. The second kappa shape index (κ2) is 66.8. The second-order valence-corrected chi connectivity index (χ2v) is 22.4. The van der Waals surface area contributed by atoms with Crippen molar-refractivity contribution in [1.29, 1.82) is 0 Å². The van der Waals surface area contributed by atoms with Gasteiger partial charge in [0.15, 0.2) is 6.10 Å². The summed E-state index contributed by atoms with van der Waals surface area (Å²) in [5, 5.41) is 0. The van der Waals surface area contributed by atoms with Crippen LogP contribution in [0.4, 0.5) is 0 Å². The molecule has 454 valence electrons. The summed E-state index contributed by atoms with van der Waals surface area (Å²) in [5.74, 6) is -0.874. The number of carbonyl (C=O) groups is 3. The van der Waals surface area contributed by atoms with Crippen LogP contribution in [0, 0.1) is 0 Å². The number of unbranched alkanes of at least 4 members (excludes halogenated alkanes) is 34. The molecule has 0 radical (unpaired) electrons. The third-order valence-corrected chi connectivity index (χ3v) is 14.6. The van der Waals surface area contributed by atoms with E-state index in [9.17, 15) is 14.4 Å². The molecule has 0 aliphatic rings. The first kappa shape index (κ1) is 75.3. The molecule has 1 atom stereocenters. The summed E-state index contributed by atoms with van der Waals surface area (Å²) in [6, 6.07) is 0. The SMILES string of the molecule is CC/C=C\C/C=C\C/C=C\C/C=C\C/C=C\C/C=C\CCCCCCCCCCCCCCCCCCC(=O)OCC(COC(=O)CCCCCCCCCCC)OC(=O)CCCCCCCCC/C=C\C/C=C\CCCCC. The van der Waals surface area contributed by atoms with Crippen LogP contribution in [0.5, 0.6) is 0 Å². The fourth-order valence-corrected chi connectivity index (χ4v) is 9.54. The number of rotatable bonds is 61. The van der Waals surface area contributed by atoms with Gasteiger partial charge >= 0.3 is 17.9 Å². The molecule has 0 heterocycles. The van der Waals surface area contributed by atoms with Gasteiger partial charge in [-0.15, -0.1) is 0 Å². The Labute approximate surface area is 489 Å². The van der Waals surface area contributed by atoms with Gasteiger partial charge in [-0.05, 0) is 103 Å². The van der Waals surface area contributed by atoms with Crippen LogP contribution < -0.4 is 0 Å². The largest absolute Gasteiger partial charge is 0.462 e. The Morgan fingerprint density at radius 3 is 0.797 bits per heavy atom. The molecule has 0 rings (SSSR count). The van der Waals surface area contributed by atoms with Gasteiger partial charge in [-0.3, -0.25) is 14.4 Å². The lowest BCUT2D eigenvalue weighted by Crippen LogP contribution is -2.30. The minimum Gasteiger partial charge on any atom is -0.462 e. The number of hydrogen-bond donors (Lipinski definition) is 0. The van der Waals surface area contributed by atoms with Gasteiger partial charge in [-0.1, -0.05) is 304 Å². The molecule has 0 amide bonds. The first-order chi connectivity index (χ1) is 39.0. The third-order valence-electron chi connectivity index (χ3n) is 14.6. The van der Waals surface area contributed by atoms with Gasteiger partial charge in [-0.25, -0.2) is 0 Å². The maximum Gasteiger partial charge on any atom is 0.306 e. The fourth-order valence-electron chi connectivity index (χ4n) is 9.54. The Morgan fingerprint density at radius 1 is 0.266 bits per heavy atom. The number of esters is 3. The van der Waals surface area contributed by atoms with Crippen molar-refractivity contribution in [2.24, 2.45) is 0 Å². The van der Waals surface area contributed by atoms with E-state index < -0.39 is 6.10 Å². The monoisotopic (exact) mass is 1100 g/mol. The van der Waals surface area contributed by atoms with Crippen molar-refractivity contribution >= 4 is 17.9 Å². The molecule has 0 aromatic heterocycles. The quantitative estimate of drug-likeness (QED) is 0.0261. The van der Waals surface area contributed by atoms with Gasteiger partial charge < -0.3 is 14.2 Å². The predicted molar refractivity (Wildman–Crippen MR) is 344 cm³/mol. The summed E-state index contributed by atoms with van der Waals surface area (Å²) < 4.78 is 16.9. The molecule has 0 fully saturated rings. The summed E-state index contributed by atoms with van der Waals surface area (Å²) in [6.45, 7) is 6.50. The van der Waals surface area contributed by atoms with Crippen LogP contribution in [-0.4, -0.2) is 37.2 Å². The molecule has 0 aromatic rings. The van der Waals surface area contributed by atoms with Gasteiger partial charge in [-0.2, -0.15) is 0 Å². The van der Waals surface area contributed by atoms with Crippen molar-refractivity contribution in [1.82, 2.24) is 0 Å². The van der Waals surface area contributed by atoms with E-state index in [1.165, 1.54) is 180 Å². The number of ether oxygens (including phenoxy) is 3. The molecule has 6 nitrogen and oxygen atoms in total. The van der Waals surface area contributed by atoms with E-state index in [1.54, 1.807) is 0 Å². The predicted octanol–water partition coefficient (Wildman–Crippen LogP) is 23.2. The zero-order chi connectivity index (χ0) is 57.1. The smallest absolute Gasteiger partial charge is 0.306 e. The zero-order valence-corrected chi connectivity index (χ0v) is 52.1. The molecule has 0 N–H and O–H groups in total. The van der Waals surface area contributed by atoms with Crippen LogP contribution in [-0.2, 0) is 28.6 Å². The number of carbonyl (C=O) groups excluding carboxylic acids is 3. The molecule has 0 aliphatic carbocycles. The lowest BCUT2D eigenvalue weighted by molar-refractivity contribution is -0.167. The molecule has 0 aliphatic heterocycles. The topological polar surface area (TPSA) is 78.9 Å². The van der Waals surface area contributed by atoms with Crippen LogP contribution in [0.15, 0.2) is 97.2 Å². The van der Waals surface area contributed by atoms with Crippen molar-refractivity contribution in [3.8, 4) is 0 Å². The van der Waals surface area contributed by atoms with E-state index in [2.05, 4.69) is 118 Å². The van der Waals surface area contributed by atoms with E-state index in [1.807, 2.05) is 0 Å². The summed E-state index contributed by atoms with van der Waals surface area (Å²) >= 11 is 0. The van der Waals surface area contributed by atoms with Crippen LogP contribution in [0.3, 0.4) is 0 Å². The number of allylic oxidation sites excluding steroid dienone is 16. The van der Waals surface area contributed by atoms with E-state index >= 15 is 0 Å². The minimum absolute atomic E-state index is 0.0759. The highest BCUT2D eigenvalue weighted by Gasteiger charge is 2.19. The van der Waals surface area contributed by atoms with E-state index in [0.29, 0.717) is 19.3 Å². The van der Waals surface area contributed by atoms with Crippen molar-refractivity contribution in [2.45, 2.75) is 335 Å². The van der Waals surface area contributed by atoms with Crippen molar-refractivity contribution in [2.75, 3.05) is 13.2 Å². The van der Waals surface area contributed by atoms with Gasteiger partial charge in [0.2, 0.25) is 0 Å². The molecule has 0 saturated heterocycles. The van der Waals surface area contributed by atoms with Gasteiger partial charge in [0, 0.05) is 19.3 Å². The van der Waals surface area contributed by atoms with Gasteiger partial charge in [0.25, 0.3) is 0 Å². The Bertz CT molecular complexity index is 1540. The summed E-state index contributed by atoms with van der Waals surface area (Å²) in [6.07, 6.45) is 90.1. The summed E-state index contributed by atoms with van der Waals surface area (Å²) in [5.41, 5.74) is 0. The molecule has 6 heteroatoms. The van der Waals surface area contributed by atoms with Crippen molar-refractivity contribution in [3.05, 3.63) is 97.2 Å². The molecule has 0 aromatic carbocycles. The number of hydrogen-bond acceptors (Lipinski definition) is 6. The Balaban J connectivity index is 4.08. The maximum absolute atomic E-state index is 12.9. The second-order valence-electron chi connectivity index (χ2n) is 22.4. The molecule has 0 spiro atoms. The van der Waals surface area contributed by atoms with Crippen LogP contribution >= 0.6 is 0 Å². The lowest BCUT2D eigenvalue weighted by atomic mass is 10.0. The summed E-state index contributed by atoms with van der Waals surface area (Å²) in [7, 11) is 0. The Kier molecular flexibility index (Phi) is 63.7. The van der Waals surface area contributed by atoms with Gasteiger partial charge in [0.05, 0.1) is 0 Å². The first-order valence-electron chi connectivity index (χ1n) is 33.7. The van der Waals surface area contributed by atoms with E-state index in [-0.39, 0.29) is 31.1 Å². The first-order valence-corrected chi connectivity index (χ1v) is 33.7. The molecule has 79 heavy (non-hydrogen) atoms. The van der Waals surface area contributed by atoms with Crippen molar-refractivity contribution in [3.63, 3.8) is 0 Å². The average Bonchev–Trinajstić information content (AvgIpc) is 3.45. The fraction of sp³-hybridized carbons (Fsp3) is 0.740. The average molecular weight is 1100 g/mol. The Morgan fingerprint density at radius 2 is 0.494 bits per heavy atom. The van der Waals surface area contributed by atoms with Crippen LogP contribution in [0.1, 0.15) is 329 Å². The standard InChI is InChI=1S/C73H126O6/c1-4-7-10-13-16-19-21-23-25-27-28-29-30-31-32-33-34-35-36-37-38-39-40-41-42-43-44-46-47-49-51-54-57-60-63-66-72(75)78-69-70(68-77-71(74)65-62-59-56-53-18-15-12-9-6-3)79-73(76)67-64-61-58-55-52-50-48-45-26-24-22-20-17-14-11-8-5-2/h7,10,16-17,19-20,23-26,28-29,31-32,34-35,70H,4-6,8-9,11-15,18,21-22,27,30,33,36-69H2,1-3H3/b10-7-,19-16-,20-17-,25-23-,26-24-,29-28-,32-31-,35-34-. The third kappa shape index (κ3) is 65.0. The lowest BCUT2D eigenvalue weighted by Gasteiger charge is -2.18. The highest BCUT2D eigenvalue weighted by atomic mass is 16.6. The van der Waals surface area contributed by atoms with Crippen LogP contribution in [0.2, 0.25) is 0 Å². The van der Waals surface area contributed by atoms with E-state index in [4.69, 9.17) is 14.2 Å².